The molecular formula is C23H28. The van der Waals surface area contributed by atoms with Gasteiger partial charge in [0, 0.05) is 0 Å². The standard InChI is InChI=1S/C23H28/c1-6-16(2)19-14-18-12-13-21(23(3,4)5)22(20(18)15-19)17-10-8-7-9-11-17/h7-13,15-16H,6,14H2,1-5H3. The molecule has 0 heterocycles. The van der Waals surface area contributed by atoms with Crippen LogP contribution < -0.4 is 0 Å². The number of allylic oxidation sites excluding steroid dienone is 1. The van der Waals surface area contributed by atoms with Gasteiger partial charge in [-0.15, -0.1) is 0 Å². The minimum Gasteiger partial charge on any atom is -0.0648 e. The van der Waals surface area contributed by atoms with E-state index in [1.807, 2.05) is 0 Å². The van der Waals surface area contributed by atoms with Gasteiger partial charge < -0.3 is 0 Å². The second kappa shape index (κ2) is 6.00. The maximum absolute atomic E-state index is 2.47. The first kappa shape index (κ1) is 16.1. The van der Waals surface area contributed by atoms with Crippen LogP contribution in [0, 0.1) is 5.92 Å². The monoisotopic (exact) mass is 304 g/mol. The molecule has 3 rings (SSSR count). The highest BCUT2D eigenvalue weighted by molar-refractivity contribution is 5.84. The lowest BCUT2D eigenvalue weighted by Crippen LogP contribution is -2.13. The van der Waals surface area contributed by atoms with Crippen molar-refractivity contribution in [1.82, 2.24) is 0 Å². The molecule has 1 atom stereocenters. The van der Waals surface area contributed by atoms with Gasteiger partial charge in [0.1, 0.15) is 0 Å². The van der Waals surface area contributed by atoms with Gasteiger partial charge in [-0.2, -0.15) is 0 Å². The van der Waals surface area contributed by atoms with Crippen molar-refractivity contribution in [3.8, 4) is 11.1 Å². The first-order valence-electron chi connectivity index (χ1n) is 8.84. The Kier molecular flexibility index (Phi) is 4.19. The first-order valence-corrected chi connectivity index (χ1v) is 8.84. The van der Waals surface area contributed by atoms with Gasteiger partial charge in [-0.05, 0) is 52.0 Å². The Morgan fingerprint density at radius 2 is 1.70 bits per heavy atom. The van der Waals surface area contributed by atoms with Gasteiger partial charge in [0.25, 0.3) is 0 Å². The molecule has 0 saturated carbocycles. The minimum absolute atomic E-state index is 0.146. The topological polar surface area (TPSA) is 0 Å². The molecule has 0 saturated heterocycles. The summed E-state index contributed by atoms with van der Waals surface area (Å²) >= 11 is 0. The lowest BCUT2D eigenvalue weighted by molar-refractivity contribution is 0.591. The lowest BCUT2D eigenvalue weighted by Gasteiger charge is -2.25. The third-order valence-corrected chi connectivity index (χ3v) is 5.18. The summed E-state index contributed by atoms with van der Waals surface area (Å²) in [4.78, 5) is 0. The Bertz CT molecular complexity index is 727. The Labute approximate surface area is 141 Å². The molecule has 0 fully saturated rings. The van der Waals surface area contributed by atoms with Gasteiger partial charge in [-0.1, -0.05) is 88.7 Å². The molecular weight excluding hydrogens is 276 g/mol. The third kappa shape index (κ3) is 3.00. The molecule has 0 amide bonds. The van der Waals surface area contributed by atoms with Crippen molar-refractivity contribution < 1.29 is 0 Å². The molecule has 0 nitrogen and oxygen atoms in total. The van der Waals surface area contributed by atoms with Crippen molar-refractivity contribution in [1.29, 1.82) is 0 Å². The minimum atomic E-state index is 0.146. The van der Waals surface area contributed by atoms with Crippen molar-refractivity contribution in [2.24, 2.45) is 5.92 Å². The van der Waals surface area contributed by atoms with E-state index in [2.05, 4.69) is 83.2 Å². The molecule has 0 heteroatoms. The second-order valence-electron chi connectivity index (χ2n) is 7.88. The quantitative estimate of drug-likeness (QED) is 0.596. The Morgan fingerprint density at radius 3 is 2.30 bits per heavy atom. The highest BCUT2D eigenvalue weighted by Crippen LogP contribution is 2.42. The summed E-state index contributed by atoms with van der Waals surface area (Å²) in [6, 6.07) is 15.6. The number of benzene rings is 2. The molecule has 2 aromatic rings. The van der Waals surface area contributed by atoms with Crippen LogP contribution in [0.1, 0.15) is 57.7 Å². The van der Waals surface area contributed by atoms with Crippen LogP contribution in [0.3, 0.4) is 0 Å². The maximum atomic E-state index is 2.47. The Morgan fingerprint density at radius 1 is 1.00 bits per heavy atom. The largest absolute Gasteiger partial charge is 0.0648 e. The fraction of sp³-hybridized carbons (Fsp3) is 0.391. The lowest BCUT2D eigenvalue weighted by atomic mass is 9.79. The van der Waals surface area contributed by atoms with Crippen LogP contribution in [-0.4, -0.2) is 0 Å². The summed E-state index contributed by atoms with van der Waals surface area (Å²) in [5.41, 5.74) is 8.92. The summed E-state index contributed by atoms with van der Waals surface area (Å²) < 4.78 is 0. The summed E-state index contributed by atoms with van der Waals surface area (Å²) in [7, 11) is 0. The fourth-order valence-electron chi connectivity index (χ4n) is 3.56. The van der Waals surface area contributed by atoms with Crippen LogP contribution in [0.25, 0.3) is 17.2 Å². The molecule has 0 bridgehead atoms. The van der Waals surface area contributed by atoms with Gasteiger partial charge in [-0.25, -0.2) is 0 Å². The summed E-state index contributed by atoms with van der Waals surface area (Å²) in [6.45, 7) is 11.6. The van der Waals surface area contributed by atoms with Crippen LogP contribution in [0.5, 0.6) is 0 Å². The van der Waals surface area contributed by atoms with Crippen LogP contribution in [0.15, 0.2) is 48.0 Å². The molecule has 0 aromatic heterocycles. The molecule has 0 spiro atoms. The highest BCUT2D eigenvalue weighted by Gasteiger charge is 2.26. The van der Waals surface area contributed by atoms with Crippen LogP contribution in [0.2, 0.25) is 0 Å². The molecule has 2 aromatic carbocycles. The van der Waals surface area contributed by atoms with Gasteiger partial charge in [0.05, 0.1) is 0 Å². The predicted molar refractivity (Wildman–Crippen MR) is 102 cm³/mol. The number of hydrogen-bond donors (Lipinski definition) is 0. The average molecular weight is 304 g/mol. The summed E-state index contributed by atoms with van der Waals surface area (Å²) in [6.07, 6.45) is 4.81. The van der Waals surface area contributed by atoms with Gasteiger partial charge in [-0.3, -0.25) is 0 Å². The molecule has 1 unspecified atom stereocenters. The molecule has 1 aliphatic carbocycles. The van der Waals surface area contributed by atoms with E-state index in [9.17, 15) is 0 Å². The third-order valence-electron chi connectivity index (χ3n) is 5.18. The van der Waals surface area contributed by atoms with E-state index in [-0.39, 0.29) is 5.41 Å². The Balaban J connectivity index is 2.23. The van der Waals surface area contributed by atoms with Gasteiger partial charge in [0.15, 0.2) is 0 Å². The van der Waals surface area contributed by atoms with Crippen molar-refractivity contribution >= 4 is 6.08 Å². The van der Waals surface area contributed by atoms with Crippen LogP contribution in [0.4, 0.5) is 0 Å². The molecule has 120 valence electrons. The zero-order valence-electron chi connectivity index (χ0n) is 15.1. The van der Waals surface area contributed by atoms with E-state index in [1.54, 1.807) is 5.57 Å². The average Bonchev–Trinajstić information content (AvgIpc) is 2.97. The van der Waals surface area contributed by atoms with E-state index >= 15 is 0 Å². The molecule has 0 aliphatic heterocycles. The van der Waals surface area contributed by atoms with Crippen LogP contribution in [-0.2, 0) is 11.8 Å². The molecule has 0 N–H and O–H groups in total. The van der Waals surface area contributed by atoms with E-state index in [4.69, 9.17) is 0 Å². The molecule has 1 aliphatic rings. The molecule has 0 radical (unpaired) electrons. The van der Waals surface area contributed by atoms with Gasteiger partial charge in [0.2, 0.25) is 0 Å². The summed E-state index contributed by atoms with van der Waals surface area (Å²) in [5, 5.41) is 0. The van der Waals surface area contributed by atoms with Gasteiger partial charge >= 0.3 is 0 Å². The smallest absolute Gasteiger partial charge is 0.00549 e. The van der Waals surface area contributed by atoms with E-state index in [1.165, 1.54) is 34.2 Å². The first-order chi connectivity index (χ1) is 10.9. The zero-order chi connectivity index (χ0) is 16.6. The normalized spacial score (nSPS) is 15.3. The fourth-order valence-corrected chi connectivity index (χ4v) is 3.56. The van der Waals surface area contributed by atoms with Crippen molar-refractivity contribution in [2.75, 3.05) is 0 Å². The second-order valence-corrected chi connectivity index (χ2v) is 7.88. The number of rotatable bonds is 3. The highest BCUT2D eigenvalue weighted by atomic mass is 14.3. The van der Waals surface area contributed by atoms with E-state index < -0.39 is 0 Å². The zero-order valence-corrected chi connectivity index (χ0v) is 15.1. The Hall–Kier alpha value is -1.82. The number of hydrogen-bond acceptors (Lipinski definition) is 0. The van der Waals surface area contributed by atoms with Crippen molar-refractivity contribution in [2.45, 2.75) is 52.9 Å². The molecule has 23 heavy (non-hydrogen) atoms. The van der Waals surface area contributed by atoms with Crippen molar-refractivity contribution in [3.05, 3.63) is 64.7 Å². The SMILES string of the molecule is CCC(C)C1=Cc2c(ccc(C(C)(C)C)c2-c2ccccc2)C1. The van der Waals surface area contributed by atoms with Crippen molar-refractivity contribution in [3.63, 3.8) is 0 Å². The predicted octanol–water partition coefficient (Wildman–Crippen LogP) is 6.64. The van der Waals surface area contributed by atoms with E-state index in [0.29, 0.717) is 5.92 Å². The van der Waals surface area contributed by atoms with E-state index in [0.717, 1.165) is 6.42 Å². The number of fused-ring (bicyclic) bond motifs is 1. The maximum Gasteiger partial charge on any atom is -0.00549 e. The van der Waals surface area contributed by atoms with Crippen LogP contribution >= 0.6 is 0 Å². The summed E-state index contributed by atoms with van der Waals surface area (Å²) in [5.74, 6) is 0.670.